The number of para-hydroxylation sites is 2. The van der Waals surface area contributed by atoms with Gasteiger partial charge in [-0.3, -0.25) is 9.98 Å². The van der Waals surface area contributed by atoms with Gasteiger partial charge in [0.15, 0.2) is 0 Å². The summed E-state index contributed by atoms with van der Waals surface area (Å²) in [6.07, 6.45) is 15.7. The SMILES string of the molecule is CC(C)[CH2][Al]([O]C1C=CC=CC1=Nc1ccccc1)[O]C1C=CC=CC1=Nc1ccccc1. The number of rotatable bonds is 8. The Morgan fingerprint density at radius 3 is 1.58 bits per heavy atom. The normalized spacial score (nSPS) is 21.9. The summed E-state index contributed by atoms with van der Waals surface area (Å²) < 4.78 is 13.2. The molecule has 0 bridgehead atoms. The van der Waals surface area contributed by atoms with Crippen LogP contribution in [0.2, 0.25) is 5.28 Å². The van der Waals surface area contributed by atoms with Crippen LogP contribution in [0.3, 0.4) is 0 Å². The fourth-order valence-corrected chi connectivity index (χ4v) is 5.79. The van der Waals surface area contributed by atoms with Gasteiger partial charge in [0.2, 0.25) is 0 Å². The van der Waals surface area contributed by atoms with E-state index < -0.39 is 14.8 Å². The predicted molar refractivity (Wildman–Crippen MR) is 139 cm³/mol. The van der Waals surface area contributed by atoms with Crippen LogP contribution in [0.15, 0.2) is 119 Å². The Morgan fingerprint density at radius 1 is 0.697 bits per heavy atom. The van der Waals surface area contributed by atoms with Crippen LogP contribution in [0.4, 0.5) is 11.4 Å². The van der Waals surface area contributed by atoms with E-state index >= 15 is 0 Å². The van der Waals surface area contributed by atoms with Crippen molar-refractivity contribution in [1.82, 2.24) is 0 Å². The Hall–Kier alpha value is -2.81. The minimum atomic E-state index is -2.06. The van der Waals surface area contributed by atoms with Crippen LogP contribution in [-0.2, 0) is 7.58 Å². The maximum atomic E-state index is 6.62. The van der Waals surface area contributed by atoms with Crippen molar-refractivity contribution in [2.45, 2.75) is 31.3 Å². The van der Waals surface area contributed by atoms with Gasteiger partial charge in [0.1, 0.15) is 0 Å². The Bertz CT molecular complexity index is 1000. The summed E-state index contributed by atoms with van der Waals surface area (Å²) in [5.41, 5.74) is 3.62. The number of allylic oxidation sites excluding steroid dienone is 4. The molecule has 2 aromatic rings. The average molecular weight is 453 g/mol. The zero-order chi connectivity index (χ0) is 22.9. The van der Waals surface area contributed by atoms with Gasteiger partial charge >= 0.3 is 14.8 Å². The molecule has 166 valence electrons. The zero-order valence-corrected chi connectivity index (χ0v) is 20.3. The molecule has 2 unspecified atom stereocenters. The van der Waals surface area contributed by atoms with E-state index in [0.717, 1.165) is 28.1 Å². The summed E-state index contributed by atoms with van der Waals surface area (Å²) in [6, 6.07) is 20.0. The second kappa shape index (κ2) is 11.9. The highest BCUT2D eigenvalue weighted by molar-refractivity contribution is 6.45. The highest BCUT2D eigenvalue weighted by atomic mass is 27.2. The van der Waals surface area contributed by atoms with Crippen molar-refractivity contribution in [1.29, 1.82) is 0 Å². The summed E-state index contributed by atoms with van der Waals surface area (Å²) in [4.78, 5) is 9.64. The standard InChI is InChI=1S/2C12H10NO.C4H9.Al/c2*14-12-9-5-4-8-11(12)13-10-6-2-1-3-7-10;1-4(2)3;/h2*1-9,12H;4H,1H2,2-3H3;/q2*-1;;+2. The van der Waals surface area contributed by atoms with Gasteiger partial charge in [0.05, 0.1) is 35.0 Å². The molecular weight excluding hydrogens is 423 g/mol. The molecule has 0 N–H and O–H groups in total. The van der Waals surface area contributed by atoms with Gasteiger partial charge in [-0.25, -0.2) is 0 Å². The Labute approximate surface area is 201 Å². The molecule has 33 heavy (non-hydrogen) atoms. The lowest BCUT2D eigenvalue weighted by atomic mass is 10.1. The van der Waals surface area contributed by atoms with Crippen molar-refractivity contribution in [3.63, 3.8) is 0 Å². The molecule has 4 rings (SSSR count). The number of nitrogens with zero attached hydrogens (tertiary/aromatic N) is 2. The van der Waals surface area contributed by atoms with Crippen molar-refractivity contribution < 1.29 is 7.58 Å². The monoisotopic (exact) mass is 452 g/mol. The molecule has 0 aliphatic heterocycles. The lowest BCUT2D eigenvalue weighted by Gasteiger charge is -2.26. The first-order chi connectivity index (χ1) is 16.2. The molecule has 0 fully saturated rings. The van der Waals surface area contributed by atoms with Crippen LogP contribution in [0.5, 0.6) is 0 Å². The van der Waals surface area contributed by atoms with Gasteiger partial charge in [-0.15, -0.1) is 0 Å². The molecule has 4 nitrogen and oxygen atoms in total. The van der Waals surface area contributed by atoms with E-state index in [4.69, 9.17) is 17.6 Å². The van der Waals surface area contributed by atoms with Gasteiger partial charge in [-0.05, 0) is 41.7 Å². The minimum Gasteiger partial charge on any atom is -0.468 e. The quantitative estimate of drug-likeness (QED) is 0.418. The summed E-state index contributed by atoms with van der Waals surface area (Å²) in [5, 5.41) is 0.902. The van der Waals surface area contributed by atoms with Crippen molar-refractivity contribution >= 4 is 37.6 Å². The summed E-state index contributed by atoms with van der Waals surface area (Å²) in [5.74, 6) is 0.469. The second-order valence-corrected chi connectivity index (χ2v) is 10.3. The lowest BCUT2D eigenvalue weighted by Crippen LogP contribution is -2.38. The third-order valence-electron chi connectivity index (χ3n) is 5.20. The number of benzene rings is 2. The van der Waals surface area contributed by atoms with E-state index in [9.17, 15) is 0 Å². The fraction of sp³-hybridized carbons (Fsp3) is 0.214. The van der Waals surface area contributed by atoms with Crippen LogP contribution >= 0.6 is 0 Å². The first-order valence-corrected chi connectivity index (χ1v) is 13.2. The van der Waals surface area contributed by atoms with Crippen LogP contribution < -0.4 is 0 Å². The minimum absolute atomic E-state index is 0.219. The highest BCUT2D eigenvalue weighted by Gasteiger charge is 2.34. The fourth-order valence-electron chi connectivity index (χ4n) is 3.62. The zero-order valence-electron chi connectivity index (χ0n) is 19.1. The van der Waals surface area contributed by atoms with Gasteiger partial charge in [-0.1, -0.05) is 92.6 Å². The predicted octanol–water partition coefficient (Wildman–Crippen LogP) is 6.70. The van der Waals surface area contributed by atoms with Gasteiger partial charge in [0, 0.05) is 0 Å². The number of hydrogen-bond acceptors (Lipinski definition) is 4. The molecule has 0 saturated carbocycles. The number of aliphatic imine (C=N–C) groups is 2. The highest BCUT2D eigenvalue weighted by Crippen LogP contribution is 2.21. The van der Waals surface area contributed by atoms with Crippen LogP contribution in [0.1, 0.15) is 13.8 Å². The van der Waals surface area contributed by atoms with Crippen molar-refractivity contribution in [3.8, 4) is 0 Å². The molecule has 2 aromatic carbocycles. The van der Waals surface area contributed by atoms with Gasteiger partial charge in [0.25, 0.3) is 0 Å². The van der Waals surface area contributed by atoms with Crippen LogP contribution in [0, 0.1) is 5.92 Å². The van der Waals surface area contributed by atoms with E-state index in [0.29, 0.717) is 5.92 Å². The average Bonchev–Trinajstić information content (AvgIpc) is 2.82. The topological polar surface area (TPSA) is 43.2 Å². The van der Waals surface area contributed by atoms with Crippen molar-refractivity contribution in [2.75, 3.05) is 0 Å². The van der Waals surface area contributed by atoms with E-state index in [-0.39, 0.29) is 12.2 Å². The van der Waals surface area contributed by atoms with Crippen molar-refractivity contribution in [3.05, 3.63) is 109 Å². The first-order valence-electron chi connectivity index (χ1n) is 11.5. The molecule has 0 heterocycles. The molecule has 0 radical (unpaired) electrons. The number of hydrogen-bond donors (Lipinski definition) is 0. The second-order valence-electron chi connectivity index (χ2n) is 8.40. The lowest BCUT2D eigenvalue weighted by molar-refractivity contribution is 0.185. The molecule has 2 aliphatic rings. The summed E-state index contributed by atoms with van der Waals surface area (Å²) in [6.45, 7) is 4.41. The van der Waals surface area contributed by atoms with Gasteiger partial charge in [-0.2, -0.15) is 0 Å². The van der Waals surface area contributed by atoms with Crippen LogP contribution in [-0.4, -0.2) is 38.4 Å². The summed E-state index contributed by atoms with van der Waals surface area (Å²) in [7, 11) is 0. The Morgan fingerprint density at radius 2 is 1.15 bits per heavy atom. The van der Waals surface area contributed by atoms with E-state index in [1.54, 1.807) is 0 Å². The Kier molecular flexibility index (Phi) is 8.41. The molecule has 0 spiro atoms. The van der Waals surface area contributed by atoms with Crippen molar-refractivity contribution in [2.24, 2.45) is 15.9 Å². The maximum absolute atomic E-state index is 6.62. The molecule has 5 heteroatoms. The largest absolute Gasteiger partial charge is 0.676 e. The molecule has 2 aliphatic carbocycles. The molecular formula is C28H29AlN2O2. The van der Waals surface area contributed by atoms with E-state index in [1.165, 1.54) is 0 Å². The first kappa shape index (κ1) is 23.4. The third-order valence-corrected chi connectivity index (χ3v) is 7.72. The smallest absolute Gasteiger partial charge is 0.468 e. The van der Waals surface area contributed by atoms with E-state index in [2.05, 4.69) is 26.0 Å². The maximum Gasteiger partial charge on any atom is 0.676 e. The molecule has 0 aromatic heterocycles. The Balaban J connectivity index is 1.53. The third kappa shape index (κ3) is 7.09. The molecule has 0 saturated heterocycles. The van der Waals surface area contributed by atoms with E-state index in [1.807, 2.05) is 97.1 Å². The van der Waals surface area contributed by atoms with Crippen LogP contribution in [0.25, 0.3) is 0 Å². The molecule has 0 amide bonds. The van der Waals surface area contributed by atoms with Gasteiger partial charge < -0.3 is 7.58 Å². The molecule has 2 atom stereocenters. The summed E-state index contributed by atoms with van der Waals surface area (Å²) >= 11 is -2.06.